The zero-order valence-electron chi connectivity index (χ0n) is 27.1. The molecule has 0 saturated heterocycles. The molecule has 0 unspecified atom stereocenters. The van der Waals surface area contributed by atoms with Crippen molar-refractivity contribution in [1.29, 1.82) is 0 Å². The summed E-state index contributed by atoms with van der Waals surface area (Å²) in [5.41, 5.74) is 4.83. The Kier molecular flexibility index (Phi) is 9.94. The van der Waals surface area contributed by atoms with Gasteiger partial charge in [-0.1, -0.05) is 122 Å². The Balaban J connectivity index is 1.51. The molecule has 2 heterocycles. The number of aromatic nitrogens is 1. The van der Waals surface area contributed by atoms with Gasteiger partial charge in [-0.3, -0.25) is 9.36 Å². The molecule has 1 aliphatic rings. The second kappa shape index (κ2) is 14.5. The van der Waals surface area contributed by atoms with Gasteiger partial charge >= 0.3 is 5.97 Å². The Hall–Kier alpha value is -4.92. The van der Waals surface area contributed by atoms with Crippen LogP contribution in [0.1, 0.15) is 60.5 Å². The molecule has 0 saturated carbocycles. The number of nitrogens with zero attached hydrogens (tertiary/aromatic N) is 2. The highest BCUT2D eigenvalue weighted by Crippen LogP contribution is 2.38. The minimum atomic E-state index is -0.759. The quantitative estimate of drug-likeness (QED) is 0.145. The van der Waals surface area contributed by atoms with E-state index in [9.17, 15) is 9.59 Å². The van der Waals surface area contributed by atoms with Crippen LogP contribution in [0, 0.1) is 0 Å². The highest BCUT2D eigenvalue weighted by molar-refractivity contribution is 7.07. The molecule has 5 aromatic rings. The maximum absolute atomic E-state index is 14.3. The van der Waals surface area contributed by atoms with E-state index in [1.54, 1.807) is 36.8 Å². The van der Waals surface area contributed by atoms with Crippen LogP contribution in [0.4, 0.5) is 0 Å². The molecule has 1 aliphatic heterocycles. The molecule has 0 aliphatic carbocycles. The first-order valence-electron chi connectivity index (χ1n) is 15.7. The average molecular weight is 679 g/mol. The number of hydrogen-bond acceptors (Lipinski definition) is 7. The molecule has 4 aromatic carbocycles. The van der Waals surface area contributed by atoms with Gasteiger partial charge in [-0.15, -0.1) is 0 Å². The number of ether oxygens (including phenoxy) is 3. The van der Waals surface area contributed by atoms with E-state index in [1.807, 2.05) is 84.9 Å². The van der Waals surface area contributed by atoms with Gasteiger partial charge < -0.3 is 14.2 Å². The number of benzene rings is 4. The van der Waals surface area contributed by atoms with Gasteiger partial charge in [0.15, 0.2) is 16.3 Å². The van der Waals surface area contributed by atoms with Crippen LogP contribution >= 0.6 is 22.9 Å². The Labute approximate surface area is 288 Å². The second-order valence-electron chi connectivity index (χ2n) is 11.6. The normalized spacial score (nSPS) is 14.5. The van der Waals surface area contributed by atoms with Crippen molar-refractivity contribution in [3.05, 3.63) is 155 Å². The smallest absolute Gasteiger partial charge is 0.338 e. The molecule has 0 spiro atoms. The first-order chi connectivity index (χ1) is 23.3. The van der Waals surface area contributed by atoms with Crippen LogP contribution in [0.25, 0.3) is 11.8 Å². The molecule has 7 nitrogen and oxygen atoms in total. The molecular weight excluding hydrogens is 644 g/mol. The fraction of sp³-hybridized carbons (Fsp3) is 0.205. The van der Waals surface area contributed by atoms with Gasteiger partial charge in [0.05, 0.1) is 40.6 Å². The lowest BCUT2D eigenvalue weighted by Crippen LogP contribution is -2.40. The van der Waals surface area contributed by atoms with Gasteiger partial charge in [-0.25, -0.2) is 9.79 Å². The van der Waals surface area contributed by atoms with Crippen LogP contribution in [0.15, 0.2) is 112 Å². The summed E-state index contributed by atoms with van der Waals surface area (Å²) >= 11 is 7.96. The fourth-order valence-electron chi connectivity index (χ4n) is 5.66. The fourth-order valence-corrected chi connectivity index (χ4v) is 6.94. The highest BCUT2D eigenvalue weighted by atomic mass is 35.5. The predicted molar refractivity (Wildman–Crippen MR) is 190 cm³/mol. The third-order valence-electron chi connectivity index (χ3n) is 8.07. The van der Waals surface area contributed by atoms with Gasteiger partial charge in [0.1, 0.15) is 6.61 Å². The molecule has 0 radical (unpaired) electrons. The molecule has 1 aromatic heterocycles. The molecule has 6 rings (SSSR count). The lowest BCUT2D eigenvalue weighted by atomic mass is 9.91. The van der Waals surface area contributed by atoms with Crippen molar-refractivity contribution in [3.8, 4) is 11.5 Å². The molecule has 0 amide bonds. The van der Waals surface area contributed by atoms with Gasteiger partial charge in [0.25, 0.3) is 5.56 Å². The van der Waals surface area contributed by atoms with Crippen LogP contribution in [-0.2, 0) is 16.1 Å². The van der Waals surface area contributed by atoms with Crippen molar-refractivity contribution >= 4 is 40.7 Å². The maximum atomic E-state index is 14.3. The van der Waals surface area contributed by atoms with Crippen LogP contribution in [0.5, 0.6) is 11.5 Å². The van der Waals surface area contributed by atoms with Crippen LogP contribution in [0.2, 0.25) is 5.02 Å². The first kappa shape index (κ1) is 33.0. The topological polar surface area (TPSA) is 79.1 Å². The van der Waals surface area contributed by atoms with E-state index < -0.39 is 12.0 Å². The number of halogens is 1. The molecule has 244 valence electrons. The zero-order chi connectivity index (χ0) is 33.8. The minimum Gasteiger partial charge on any atom is -0.493 e. The summed E-state index contributed by atoms with van der Waals surface area (Å²) < 4.78 is 19.3. The lowest BCUT2D eigenvalue weighted by molar-refractivity contribution is -0.138. The molecule has 0 N–H and O–H groups in total. The van der Waals surface area contributed by atoms with Crippen molar-refractivity contribution in [2.24, 2.45) is 4.99 Å². The number of carbonyl (C=O) groups excluding carboxylic acids is 1. The number of methoxy groups -OCH3 is 1. The third kappa shape index (κ3) is 6.72. The summed E-state index contributed by atoms with van der Waals surface area (Å²) in [6, 6.07) is 30.1. The van der Waals surface area contributed by atoms with Gasteiger partial charge in [0, 0.05) is 5.56 Å². The van der Waals surface area contributed by atoms with E-state index in [1.165, 1.54) is 11.3 Å². The van der Waals surface area contributed by atoms with Crippen molar-refractivity contribution < 1.29 is 19.0 Å². The number of fused-ring (bicyclic) bond motifs is 1. The summed E-state index contributed by atoms with van der Waals surface area (Å²) in [6.07, 6.45) is 1.76. The summed E-state index contributed by atoms with van der Waals surface area (Å²) in [6.45, 7) is 6.51. The molecule has 0 bridgehead atoms. The third-order valence-corrected chi connectivity index (χ3v) is 9.33. The number of hydrogen-bond donors (Lipinski definition) is 0. The van der Waals surface area contributed by atoms with E-state index in [0.29, 0.717) is 55.2 Å². The summed E-state index contributed by atoms with van der Waals surface area (Å²) in [4.78, 5) is 33.5. The van der Waals surface area contributed by atoms with E-state index in [2.05, 4.69) is 13.8 Å². The number of rotatable bonds is 10. The first-order valence-corrected chi connectivity index (χ1v) is 16.9. The number of carbonyl (C=O) groups is 1. The lowest BCUT2D eigenvalue weighted by Gasteiger charge is -2.26. The van der Waals surface area contributed by atoms with E-state index in [-0.39, 0.29) is 12.2 Å². The number of thiazole rings is 1. The Morgan fingerprint density at radius 1 is 1.00 bits per heavy atom. The standard InChI is InChI=1S/C39H35ClN2O5S/c1-5-46-38(44)33-34(28-14-10-7-11-15-28)41-39-42(35(33)29-18-16-27(17-19-29)24(2)3)37(43)32(48-39)22-26-20-30(40)36(31(21-26)45-4)47-23-25-12-8-6-9-13-25/h6-22,24,35H,5,23H2,1-4H3/b32-22-/t35-/m0/s1. The second-order valence-corrected chi connectivity index (χ2v) is 13.0. The van der Waals surface area contributed by atoms with Crippen LogP contribution < -0.4 is 24.4 Å². The van der Waals surface area contributed by atoms with Gasteiger partial charge in [0.2, 0.25) is 0 Å². The van der Waals surface area contributed by atoms with Gasteiger partial charge in [-0.05, 0) is 53.3 Å². The Bertz CT molecular complexity index is 2150. The van der Waals surface area contributed by atoms with E-state index in [4.69, 9.17) is 30.8 Å². The zero-order valence-corrected chi connectivity index (χ0v) is 28.7. The monoisotopic (exact) mass is 678 g/mol. The summed E-state index contributed by atoms with van der Waals surface area (Å²) in [5.74, 6) is 0.657. The van der Waals surface area contributed by atoms with E-state index in [0.717, 1.165) is 22.3 Å². The Morgan fingerprint density at radius 2 is 1.69 bits per heavy atom. The predicted octanol–water partition coefficient (Wildman–Crippen LogP) is 7.30. The van der Waals surface area contributed by atoms with Crippen LogP contribution in [-0.4, -0.2) is 24.3 Å². The molecule has 1 atom stereocenters. The van der Waals surface area contributed by atoms with E-state index >= 15 is 0 Å². The van der Waals surface area contributed by atoms with Crippen molar-refractivity contribution in [3.63, 3.8) is 0 Å². The average Bonchev–Trinajstić information content (AvgIpc) is 3.41. The molecule has 9 heteroatoms. The molecule has 48 heavy (non-hydrogen) atoms. The van der Waals surface area contributed by atoms with Crippen molar-refractivity contribution in [1.82, 2.24) is 4.57 Å². The Morgan fingerprint density at radius 3 is 2.33 bits per heavy atom. The largest absolute Gasteiger partial charge is 0.493 e. The molecule has 0 fully saturated rings. The van der Waals surface area contributed by atoms with Crippen LogP contribution in [0.3, 0.4) is 0 Å². The van der Waals surface area contributed by atoms with Crippen molar-refractivity contribution in [2.45, 2.75) is 39.3 Å². The summed E-state index contributed by atoms with van der Waals surface area (Å²) in [7, 11) is 1.55. The maximum Gasteiger partial charge on any atom is 0.338 e. The highest BCUT2D eigenvalue weighted by Gasteiger charge is 2.35. The molecular formula is C39H35ClN2O5S. The van der Waals surface area contributed by atoms with Gasteiger partial charge in [-0.2, -0.15) is 0 Å². The summed E-state index contributed by atoms with van der Waals surface area (Å²) in [5, 5.41) is 0.350. The minimum absolute atomic E-state index is 0.182. The number of esters is 1. The van der Waals surface area contributed by atoms with Crippen molar-refractivity contribution in [2.75, 3.05) is 13.7 Å². The SMILES string of the molecule is CCOC(=O)C1=C(c2ccccc2)N=c2s/c(=C\c3cc(Cl)c(OCc4ccccc4)c(OC)c3)c(=O)n2[C@H]1c1ccc(C(C)C)cc1.